The smallest absolute Gasteiger partial charge is 0.324 e. The number of rotatable bonds is 0. The zero-order chi connectivity index (χ0) is 8.72. The third-order valence-electron chi connectivity index (χ3n) is 2.11. The van der Waals surface area contributed by atoms with Crippen molar-refractivity contribution in [3.63, 3.8) is 0 Å². The second-order valence-electron chi connectivity index (χ2n) is 2.92. The summed E-state index contributed by atoms with van der Waals surface area (Å²) in [5.74, 6) is -1.60. The quantitative estimate of drug-likeness (QED) is 0.530. The van der Waals surface area contributed by atoms with Crippen molar-refractivity contribution in [3.05, 3.63) is 29.3 Å². The Hall–Kier alpha value is -0.895. The maximum Gasteiger partial charge on any atom is 0.324 e. The van der Waals surface area contributed by atoms with Crippen molar-refractivity contribution >= 4 is 12.4 Å². The van der Waals surface area contributed by atoms with E-state index < -0.39 is 11.6 Å². The molecule has 62 valence electrons. The first-order valence-electron chi connectivity index (χ1n) is 3.78. The number of halogens is 2. The lowest BCUT2D eigenvalue weighted by Crippen LogP contribution is -2.24. The Morgan fingerprint density at radius 3 is 2.75 bits per heavy atom. The van der Waals surface area contributed by atoms with E-state index in [4.69, 9.17) is 4.65 Å². The van der Waals surface area contributed by atoms with Gasteiger partial charge in [0.2, 0.25) is 0 Å². The van der Waals surface area contributed by atoms with E-state index in [1.54, 1.807) is 0 Å². The van der Waals surface area contributed by atoms with Crippen LogP contribution in [0.5, 0.6) is 0 Å². The van der Waals surface area contributed by atoms with Gasteiger partial charge in [-0.1, -0.05) is 6.82 Å². The van der Waals surface area contributed by atoms with Gasteiger partial charge in [0.05, 0.1) is 6.61 Å². The topological polar surface area (TPSA) is 9.23 Å². The summed E-state index contributed by atoms with van der Waals surface area (Å²) < 4.78 is 30.6. The van der Waals surface area contributed by atoms with E-state index in [0.29, 0.717) is 6.61 Å². The molecule has 1 aliphatic heterocycles. The minimum atomic E-state index is -0.800. The molecule has 4 heteroatoms. The third-order valence-corrected chi connectivity index (χ3v) is 2.11. The van der Waals surface area contributed by atoms with Crippen molar-refractivity contribution in [1.29, 1.82) is 0 Å². The Balaban J connectivity index is 2.56. The van der Waals surface area contributed by atoms with Gasteiger partial charge in [0.15, 0.2) is 11.6 Å². The van der Waals surface area contributed by atoms with Crippen LogP contribution in [0.4, 0.5) is 8.78 Å². The lowest BCUT2D eigenvalue weighted by molar-refractivity contribution is 0.333. The maximum atomic E-state index is 12.7. The number of fused-ring (bicyclic) bond motifs is 1. The van der Waals surface area contributed by atoms with Gasteiger partial charge in [-0.25, -0.2) is 8.78 Å². The Morgan fingerprint density at radius 1 is 1.33 bits per heavy atom. The Kier molecular flexibility index (Phi) is 1.65. The summed E-state index contributed by atoms with van der Waals surface area (Å²) in [7, 11) is 0. The lowest BCUT2D eigenvalue weighted by atomic mass is 9.64. The van der Waals surface area contributed by atoms with E-state index in [0.717, 1.165) is 11.0 Å². The fourth-order valence-electron chi connectivity index (χ4n) is 1.41. The van der Waals surface area contributed by atoms with Crippen molar-refractivity contribution in [2.75, 3.05) is 0 Å². The van der Waals surface area contributed by atoms with Gasteiger partial charge in [0.1, 0.15) is 0 Å². The van der Waals surface area contributed by atoms with Crippen LogP contribution in [0.25, 0.3) is 0 Å². The highest BCUT2D eigenvalue weighted by Crippen LogP contribution is 2.14. The highest BCUT2D eigenvalue weighted by Gasteiger charge is 2.24. The van der Waals surface area contributed by atoms with E-state index in [-0.39, 0.29) is 6.92 Å². The fraction of sp³-hybridized carbons (Fsp3) is 0.250. The van der Waals surface area contributed by atoms with E-state index in [1.807, 2.05) is 6.82 Å². The predicted octanol–water partition coefficient (Wildman–Crippen LogP) is 1.32. The van der Waals surface area contributed by atoms with Gasteiger partial charge < -0.3 is 4.65 Å². The molecule has 12 heavy (non-hydrogen) atoms. The molecule has 0 aromatic heterocycles. The first-order valence-corrected chi connectivity index (χ1v) is 3.78. The molecule has 0 saturated carbocycles. The number of benzene rings is 1. The average molecular weight is 168 g/mol. The SMILES string of the molecule is CB1OCc2cc(F)c(F)cc21. The highest BCUT2D eigenvalue weighted by atomic mass is 19.2. The van der Waals surface area contributed by atoms with Gasteiger partial charge in [-0.2, -0.15) is 0 Å². The molecule has 0 N–H and O–H groups in total. The molecule has 0 saturated heterocycles. The van der Waals surface area contributed by atoms with Crippen molar-refractivity contribution in [3.8, 4) is 0 Å². The first-order chi connectivity index (χ1) is 5.68. The summed E-state index contributed by atoms with van der Waals surface area (Å²) in [5, 5.41) is 0. The summed E-state index contributed by atoms with van der Waals surface area (Å²) in [5.41, 5.74) is 1.51. The molecule has 2 rings (SSSR count). The molecule has 0 spiro atoms. The molecule has 1 aliphatic rings. The average Bonchev–Trinajstić information content (AvgIpc) is 2.35. The van der Waals surface area contributed by atoms with Crippen LogP contribution < -0.4 is 5.46 Å². The molecular weight excluding hydrogens is 161 g/mol. The van der Waals surface area contributed by atoms with E-state index >= 15 is 0 Å². The predicted molar refractivity (Wildman–Crippen MR) is 42.4 cm³/mol. The normalized spacial score (nSPS) is 15.1. The van der Waals surface area contributed by atoms with Crippen LogP contribution in [0, 0.1) is 11.6 Å². The summed E-state index contributed by atoms with van der Waals surface area (Å²) in [6.45, 7) is 2.09. The minimum absolute atomic E-state index is 0.116. The Bertz CT molecular complexity index is 327. The zero-order valence-electron chi connectivity index (χ0n) is 6.60. The van der Waals surface area contributed by atoms with Crippen molar-refractivity contribution < 1.29 is 13.4 Å². The molecule has 0 atom stereocenters. The van der Waals surface area contributed by atoms with Crippen LogP contribution in [0.2, 0.25) is 6.82 Å². The summed E-state index contributed by atoms with van der Waals surface area (Å²) >= 11 is 0. The van der Waals surface area contributed by atoms with Gasteiger partial charge in [-0.15, -0.1) is 0 Å². The van der Waals surface area contributed by atoms with E-state index in [9.17, 15) is 8.78 Å². The van der Waals surface area contributed by atoms with E-state index in [1.165, 1.54) is 12.1 Å². The second-order valence-corrected chi connectivity index (χ2v) is 2.92. The monoisotopic (exact) mass is 168 g/mol. The summed E-state index contributed by atoms with van der Waals surface area (Å²) in [6, 6.07) is 2.41. The summed E-state index contributed by atoms with van der Waals surface area (Å²) in [6.07, 6.45) is 0. The molecular formula is C8H7BF2O. The molecule has 1 aromatic rings. The van der Waals surface area contributed by atoms with Crippen LogP contribution in [0.15, 0.2) is 12.1 Å². The second kappa shape index (κ2) is 2.56. The van der Waals surface area contributed by atoms with Crippen molar-refractivity contribution in [2.45, 2.75) is 13.4 Å². The summed E-state index contributed by atoms with van der Waals surface area (Å²) in [4.78, 5) is 0. The van der Waals surface area contributed by atoms with Crippen molar-refractivity contribution in [2.24, 2.45) is 0 Å². The van der Waals surface area contributed by atoms with Gasteiger partial charge in [-0.3, -0.25) is 0 Å². The number of hydrogen-bond donors (Lipinski definition) is 0. The van der Waals surface area contributed by atoms with Crippen LogP contribution in [-0.2, 0) is 11.3 Å². The highest BCUT2D eigenvalue weighted by molar-refractivity contribution is 6.67. The number of hydrogen-bond acceptors (Lipinski definition) is 1. The van der Waals surface area contributed by atoms with Crippen LogP contribution in [-0.4, -0.2) is 6.92 Å². The molecule has 1 heterocycles. The standard InChI is InChI=1S/C8H7BF2O/c1-9-6-3-8(11)7(10)2-5(6)4-12-9/h2-3H,4H2,1H3. The van der Waals surface area contributed by atoms with Crippen LogP contribution >= 0.6 is 0 Å². The van der Waals surface area contributed by atoms with Gasteiger partial charge >= 0.3 is 6.92 Å². The van der Waals surface area contributed by atoms with Crippen molar-refractivity contribution in [1.82, 2.24) is 0 Å². The maximum absolute atomic E-state index is 12.7. The van der Waals surface area contributed by atoms with E-state index in [2.05, 4.69) is 0 Å². The minimum Gasteiger partial charge on any atom is -0.427 e. The molecule has 0 amide bonds. The molecule has 0 radical (unpaired) electrons. The molecule has 1 aromatic carbocycles. The molecule has 0 bridgehead atoms. The fourth-order valence-corrected chi connectivity index (χ4v) is 1.41. The third kappa shape index (κ3) is 1.03. The molecule has 1 nitrogen and oxygen atoms in total. The Morgan fingerprint density at radius 2 is 2.00 bits per heavy atom. The largest absolute Gasteiger partial charge is 0.427 e. The van der Waals surface area contributed by atoms with Gasteiger partial charge in [0.25, 0.3) is 0 Å². The first kappa shape index (κ1) is 7.74. The van der Waals surface area contributed by atoms with Crippen LogP contribution in [0.3, 0.4) is 0 Å². The molecule has 0 fully saturated rings. The lowest BCUT2D eigenvalue weighted by Gasteiger charge is -1.99. The molecule has 0 aliphatic carbocycles. The van der Waals surface area contributed by atoms with Crippen LogP contribution in [0.1, 0.15) is 5.56 Å². The van der Waals surface area contributed by atoms with Gasteiger partial charge in [-0.05, 0) is 23.2 Å². The Labute approximate surface area is 69.5 Å². The molecule has 0 unspecified atom stereocenters. The van der Waals surface area contributed by atoms with Gasteiger partial charge in [0, 0.05) is 0 Å². The zero-order valence-corrected chi connectivity index (χ0v) is 6.60.